The Balaban J connectivity index is 2.27. The van der Waals surface area contributed by atoms with Crippen LogP contribution in [-0.2, 0) is 26.2 Å². The lowest BCUT2D eigenvalue weighted by molar-refractivity contribution is -0.139. The molecule has 1 aromatic heterocycles. The van der Waals surface area contributed by atoms with E-state index in [-0.39, 0.29) is 36.0 Å². The second kappa shape index (κ2) is 6.97. The third-order valence-electron chi connectivity index (χ3n) is 4.34. The predicted octanol–water partition coefficient (Wildman–Crippen LogP) is 1.36. The highest BCUT2D eigenvalue weighted by molar-refractivity contribution is 5.71. The molecule has 0 aromatic carbocycles. The van der Waals surface area contributed by atoms with Crippen molar-refractivity contribution in [3.63, 3.8) is 0 Å². The van der Waals surface area contributed by atoms with E-state index in [1.807, 2.05) is 4.68 Å². The van der Waals surface area contributed by atoms with E-state index in [0.29, 0.717) is 5.82 Å². The lowest BCUT2D eigenvalue weighted by atomic mass is 9.83. The second-order valence-electron chi connectivity index (χ2n) is 7.17. The molecule has 1 fully saturated rings. The normalized spacial score (nSPS) is 25.4. The van der Waals surface area contributed by atoms with Crippen LogP contribution in [-0.4, -0.2) is 47.1 Å². The number of hydrogen-bond donors (Lipinski definition) is 1. The Morgan fingerprint density at radius 2 is 2.04 bits per heavy atom. The number of carbonyl (C=O) groups excluding carboxylic acids is 1. The number of aromatic nitrogens is 3. The van der Waals surface area contributed by atoms with Gasteiger partial charge in [0.2, 0.25) is 0 Å². The molecule has 7 heteroatoms. The minimum atomic E-state index is -0.331. The van der Waals surface area contributed by atoms with Crippen molar-refractivity contribution < 1.29 is 14.3 Å². The summed E-state index contributed by atoms with van der Waals surface area (Å²) >= 11 is 0. The minimum Gasteiger partial charge on any atom is -0.469 e. The van der Waals surface area contributed by atoms with Gasteiger partial charge >= 0.3 is 5.97 Å². The van der Waals surface area contributed by atoms with Crippen molar-refractivity contribution in [2.45, 2.75) is 70.1 Å². The van der Waals surface area contributed by atoms with Gasteiger partial charge in [0.05, 0.1) is 18.8 Å². The van der Waals surface area contributed by atoms with Crippen LogP contribution in [0.2, 0.25) is 0 Å². The first-order valence-electron chi connectivity index (χ1n) is 8.07. The Morgan fingerprint density at radius 3 is 2.57 bits per heavy atom. The molecule has 1 aliphatic rings. The predicted molar refractivity (Wildman–Crippen MR) is 86.1 cm³/mol. The summed E-state index contributed by atoms with van der Waals surface area (Å²) in [7, 11) is 3.08. The van der Waals surface area contributed by atoms with Crippen molar-refractivity contribution in [1.82, 2.24) is 14.8 Å². The zero-order valence-electron chi connectivity index (χ0n) is 14.7. The van der Waals surface area contributed by atoms with Crippen LogP contribution in [0.4, 0.5) is 0 Å². The maximum atomic E-state index is 11.5. The zero-order valence-corrected chi connectivity index (χ0v) is 14.7. The van der Waals surface area contributed by atoms with E-state index in [4.69, 9.17) is 15.2 Å². The molecular formula is C16H28N4O3. The third kappa shape index (κ3) is 4.09. The van der Waals surface area contributed by atoms with Gasteiger partial charge in [-0.3, -0.25) is 4.79 Å². The standard InChI is InChI=1S/C16H28N4O3/c1-16(2,3)20-15(18-13(19-20)9-14(21)23-5)10-6-7-12(22-4)11(17)8-10/h10-12H,6-9,17H2,1-5H3/t10-,11+,12+/m0/s1. The molecule has 1 saturated carbocycles. The first-order valence-corrected chi connectivity index (χ1v) is 8.07. The van der Waals surface area contributed by atoms with Crippen LogP contribution < -0.4 is 5.73 Å². The van der Waals surface area contributed by atoms with E-state index in [1.54, 1.807) is 7.11 Å². The topological polar surface area (TPSA) is 92.3 Å². The zero-order chi connectivity index (χ0) is 17.2. The smallest absolute Gasteiger partial charge is 0.313 e. The summed E-state index contributed by atoms with van der Waals surface area (Å²) in [5, 5.41) is 4.54. The summed E-state index contributed by atoms with van der Waals surface area (Å²) in [5.74, 6) is 1.31. The van der Waals surface area contributed by atoms with Crippen molar-refractivity contribution in [3.8, 4) is 0 Å². The fourth-order valence-corrected chi connectivity index (χ4v) is 3.11. The average molecular weight is 324 g/mol. The number of ether oxygens (including phenoxy) is 2. The third-order valence-corrected chi connectivity index (χ3v) is 4.34. The van der Waals surface area contributed by atoms with E-state index in [2.05, 4.69) is 30.9 Å². The van der Waals surface area contributed by atoms with E-state index in [1.165, 1.54) is 7.11 Å². The number of carbonyl (C=O) groups is 1. The molecule has 3 atom stereocenters. The number of hydrogen-bond acceptors (Lipinski definition) is 6. The largest absolute Gasteiger partial charge is 0.469 e. The summed E-state index contributed by atoms with van der Waals surface area (Å²) in [6.45, 7) is 6.23. The Morgan fingerprint density at radius 1 is 1.35 bits per heavy atom. The lowest BCUT2D eigenvalue weighted by Gasteiger charge is -2.34. The molecule has 2 rings (SSSR count). The highest BCUT2D eigenvalue weighted by Crippen LogP contribution is 2.34. The fraction of sp³-hybridized carbons (Fsp3) is 0.812. The number of methoxy groups -OCH3 is 2. The molecule has 1 heterocycles. The molecule has 0 radical (unpaired) electrons. The van der Waals surface area contributed by atoms with Crippen LogP contribution in [0.1, 0.15) is 57.6 Å². The van der Waals surface area contributed by atoms with Crippen LogP contribution in [0.15, 0.2) is 0 Å². The molecule has 0 bridgehead atoms. The van der Waals surface area contributed by atoms with E-state index in [9.17, 15) is 4.79 Å². The first kappa shape index (κ1) is 17.9. The highest BCUT2D eigenvalue weighted by Gasteiger charge is 2.34. The van der Waals surface area contributed by atoms with Crippen LogP contribution in [0, 0.1) is 0 Å². The van der Waals surface area contributed by atoms with Gasteiger partial charge in [-0.1, -0.05) is 0 Å². The Bertz CT molecular complexity index is 550. The Labute approximate surface area is 137 Å². The molecule has 0 aliphatic heterocycles. The maximum Gasteiger partial charge on any atom is 0.313 e. The Hall–Kier alpha value is -1.47. The molecule has 0 unspecified atom stereocenters. The molecule has 0 saturated heterocycles. The van der Waals surface area contributed by atoms with Gasteiger partial charge in [0.15, 0.2) is 5.82 Å². The van der Waals surface area contributed by atoms with Gasteiger partial charge < -0.3 is 15.2 Å². The van der Waals surface area contributed by atoms with Crippen molar-refractivity contribution in [2.24, 2.45) is 5.73 Å². The molecular weight excluding hydrogens is 296 g/mol. The molecule has 130 valence electrons. The van der Waals surface area contributed by atoms with E-state index < -0.39 is 0 Å². The summed E-state index contributed by atoms with van der Waals surface area (Å²) < 4.78 is 12.1. The van der Waals surface area contributed by atoms with Crippen molar-refractivity contribution in [3.05, 3.63) is 11.6 Å². The van der Waals surface area contributed by atoms with Gasteiger partial charge in [-0.2, -0.15) is 5.10 Å². The maximum absolute atomic E-state index is 11.5. The molecule has 7 nitrogen and oxygen atoms in total. The summed E-state index contributed by atoms with van der Waals surface area (Å²) in [6, 6.07) is -0.00655. The minimum absolute atomic E-state index is 0.00655. The average Bonchev–Trinajstić information content (AvgIpc) is 2.91. The quantitative estimate of drug-likeness (QED) is 0.841. The van der Waals surface area contributed by atoms with Gasteiger partial charge in [-0.15, -0.1) is 0 Å². The first-order chi connectivity index (χ1) is 10.8. The van der Waals surface area contributed by atoms with Crippen LogP contribution in [0.3, 0.4) is 0 Å². The summed E-state index contributed by atoms with van der Waals surface area (Å²) in [6.07, 6.45) is 2.87. The van der Waals surface area contributed by atoms with E-state index >= 15 is 0 Å². The molecule has 1 aliphatic carbocycles. The monoisotopic (exact) mass is 324 g/mol. The number of esters is 1. The SMILES string of the molecule is COC(=O)Cc1nc([C@H]2CC[C@@H](OC)[C@H](N)C2)n(C(C)(C)C)n1. The van der Waals surface area contributed by atoms with Crippen molar-refractivity contribution in [2.75, 3.05) is 14.2 Å². The summed E-state index contributed by atoms with van der Waals surface area (Å²) in [4.78, 5) is 16.1. The van der Waals surface area contributed by atoms with Gasteiger partial charge in [-0.25, -0.2) is 9.67 Å². The van der Waals surface area contributed by atoms with Crippen molar-refractivity contribution >= 4 is 5.97 Å². The fourth-order valence-electron chi connectivity index (χ4n) is 3.11. The highest BCUT2D eigenvalue weighted by atomic mass is 16.5. The van der Waals surface area contributed by atoms with Crippen LogP contribution in [0.5, 0.6) is 0 Å². The summed E-state index contributed by atoms with van der Waals surface area (Å²) in [5.41, 5.74) is 6.02. The molecule has 2 N–H and O–H groups in total. The van der Waals surface area contributed by atoms with Crippen LogP contribution >= 0.6 is 0 Å². The number of nitrogens with two attached hydrogens (primary N) is 1. The Kier molecular flexibility index (Phi) is 5.41. The van der Waals surface area contributed by atoms with Gasteiger partial charge in [-0.05, 0) is 40.0 Å². The molecule has 1 aromatic rings. The lowest BCUT2D eigenvalue weighted by Crippen LogP contribution is -2.42. The van der Waals surface area contributed by atoms with Crippen molar-refractivity contribution in [1.29, 1.82) is 0 Å². The van der Waals surface area contributed by atoms with Gasteiger partial charge in [0.25, 0.3) is 0 Å². The van der Waals surface area contributed by atoms with Gasteiger partial charge in [0, 0.05) is 19.1 Å². The number of nitrogens with zero attached hydrogens (tertiary/aromatic N) is 3. The second-order valence-corrected chi connectivity index (χ2v) is 7.17. The van der Waals surface area contributed by atoms with E-state index in [0.717, 1.165) is 25.1 Å². The van der Waals surface area contributed by atoms with Crippen LogP contribution in [0.25, 0.3) is 0 Å². The molecule has 0 amide bonds. The van der Waals surface area contributed by atoms with Gasteiger partial charge in [0.1, 0.15) is 12.2 Å². The molecule has 0 spiro atoms. The molecule has 23 heavy (non-hydrogen) atoms. The number of rotatable bonds is 4.